The number of benzene rings is 1. The van der Waals surface area contributed by atoms with Crippen molar-refractivity contribution in [3.05, 3.63) is 23.8 Å². The van der Waals surface area contributed by atoms with Gasteiger partial charge in [-0.1, -0.05) is 19.9 Å². The minimum Gasteiger partial charge on any atom is -0.326 e. The topological polar surface area (TPSA) is 78.5 Å². The fourth-order valence-electron chi connectivity index (χ4n) is 3.22. The predicted molar refractivity (Wildman–Crippen MR) is 100 cm³/mol. The van der Waals surface area contributed by atoms with Gasteiger partial charge in [-0.2, -0.15) is 0 Å². The van der Waals surface area contributed by atoms with Gasteiger partial charge in [-0.25, -0.2) is 13.1 Å². The highest BCUT2D eigenvalue weighted by atomic mass is 32.2. The van der Waals surface area contributed by atoms with E-state index in [1.165, 1.54) is 13.0 Å². The zero-order chi connectivity index (χ0) is 18.6. The van der Waals surface area contributed by atoms with E-state index >= 15 is 0 Å². The van der Waals surface area contributed by atoms with E-state index in [1.807, 2.05) is 6.92 Å². The molecule has 1 aliphatic heterocycles. The summed E-state index contributed by atoms with van der Waals surface area (Å²) in [7, 11) is -3.60. The van der Waals surface area contributed by atoms with E-state index in [1.54, 1.807) is 12.1 Å². The summed E-state index contributed by atoms with van der Waals surface area (Å²) < 4.78 is 28.0. The second-order valence-electron chi connectivity index (χ2n) is 7.19. The molecule has 1 heterocycles. The Labute approximate surface area is 151 Å². The maximum absolute atomic E-state index is 12.6. The molecule has 140 valence electrons. The number of aryl methyl sites for hydroxylation is 1. The van der Waals surface area contributed by atoms with Gasteiger partial charge >= 0.3 is 0 Å². The van der Waals surface area contributed by atoms with Gasteiger partial charge in [0.15, 0.2) is 0 Å². The largest absolute Gasteiger partial charge is 0.326 e. The molecule has 25 heavy (non-hydrogen) atoms. The van der Waals surface area contributed by atoms with Crippen LogP contribution in [0.4, 0.5) is 5.69 Å². The first-order valence-corrected chi connectivity index (χ1v) is 10.3. The molecule has 0 aliphatic carbocycles. The van der Waals surface area contributed by atoms with Crippen LogP contribution in [0.25, 0.3) is 0 Å². The number of nitrogens with one attached hydrogen (secondary N) is 2. The Kier molecular flexibility index (Phi) is 6.59. The van der Waals surface area contributed by atoms with Gasteiger partial charge in [0.25, 0.3) is 0 Å². The molecule has 1 atom stereocenters. The van der Waals surface area contributed by atoms with Crippen LogP contribution in [-0.4, -0.2) is 44.9 Å². The van der Waals surface area contributed by atoms with Crippen molar-refractivity contribution in [1.82, 2.24) is 9.62 Å². The molecule has 2 rings (SSSR count). The maximum Gasteiger partial charge on any atom is 0.240 e. The highest BCUT2D eigenvalue weighted by Gasteiger charge is 2.26. The molecule has 6 nitrogen and oxygen atoms in total. The molecule has 0 spiro atoms. The van der Waals surface area contributed by atoms with Crippen LogP contribution in [0.3, 0.4) is 0 Å². The van der Waals surface area contributed by atoms with Crippen LogP contribution in [0, 0.1) is 12.8 Å². The molecule has 1 fully saturated rings. The van der Waals surface area contributed by atoms with Crippen LogP contribution in [0.2, 0.25) is 0 Å². The molecule has 1 aliphatic rings. The summed E-state index contributed by atoms with van der Waals surface area (Å²) in [4.78, 5) is 13.8. The van der Waals surface area contributed by atoms with Crippen LogP contribution >= 0.6 is 0 Å². The molecule has 0 bridgehead atoms. The minimum atomic E-state index is -3.60. The van der Waals surface area contributed by atoms with Crippen molar-refractivity contribution in [2.24, 2.45) is 5.92 Å². The Balaban J connectivity index is 2.07. The Morgan fingerprint density at radius 1 is 1.36 bits per heavy atom. The second kappa shape index (κ2) is 8.29. The van der Waals surface area contributed by atoms with Crippen molar-refractivity contribution in [3.8, 4) is 0 Å². The first kappa shape index (κ1) is 19.9. The van der Waals surface area contributed by atoms with Gasteiger partial charge in [-0.15, -0.1) is 0 Å². The number of sulfonamides is 1. The van der Waals surface area contributed by atoms with E-state index < -0.39 is 10.0 Å². The minimum absolute atomic E-state index is 0.176. The first-order chi connectivity index (χ1) is 11.7. The molecule has 0 saturated carbocycles. The lowest BCUT2D eigenvalue weighted by atomic mass is 10.2. The van der Waals surface area contributed by atoms with Gasteiger partial charge in [0.2, 0.25) is 15.9 Å². The zero-order valence-corrected chi connectivity index (χ0v) is 16.3. The Morgan fingerprint density at radius 3 is 2.72 bits per heavy atom. The lowest BCUT2D eigenvalue weighted by Gasteiger charge is -2.26. The predicted octanol–water partition coefficient (Wildman–Crippen LogP) is 2.35. The van der Waals surface area contributed by atoms with Gasteiger partial charge in [0, 0.05) is 31.7 Å². The van der Waals surface area contributed by atoms with Gasteiger partial charge in [-0.3, -0.25) is 9.69 Å². The summed E-state index contributed by atoms with van der Waals surface area (Å²) in [6.07, 6.45) is 2.12. The lowest BCUT2D eigenvalue weighted by Crippen LogP contribution is -2.41. The van der Waals surface area contributed by atoms with Crippen LogP contribution in [0.1, 0.15) is 39.2 Å². The lowest BCUT2D eigenvalue weighted by molar-refractivity contribution is -0.114. The van der Waals surface area contributed by atoms with E-state index in [-0.39, 0.29) is 16.8 Å². The molecule has 0 radical (unpaired) electrons. The highest BCUT2D eigenvalue weighted by molar-refractivity contribution is 7.89. The third-order valence-corrected chi connectivity index (χ3v) is 5.86. The number of likely N-dealkylation sites (tertiary alicyclic amines) is 1. The SMILES string of the molecule is CC(=O)Nc1cc(S(=O)(=O)NC[C@@H]2CCCN2CC(C)C)ccc1C. The third kappa shape index (κ3) is 5.52. The highest BCUT2D eigenvalue weighted by Crippen LogP contribution is 2.22. The summed E-state index contributed by atoms with van der Waals surface area (Å²) in [6.45, 7) is 10.0. The third-order valence-electron chi connectivity index (χ3n) is 4.44. The Bertz CT molecular complexity index is 716. The Hall–Kier alpha value is -1.44. The summed E-state index contributed by atoms with van der Waals surface area (Å²) in [5, 5.41) is 2.67. The number of hydrogen-bond acceptors (Lipinski definition) is 4. The number of anilines is 1. The average Bonchev–Trinajstić information content (AvgIpc) is 2.93. The standard InChI is InChI=1S/C18H29N3O3S/c1-13(2)12-21-9-5-6-16(21)11-19-25(23,24)17-8-7-14(3)18(10-17)20-15(4)22/h7-8,10,13,16,19H,5-6,9,11-12H2,1-4H3,(H,20,22)/t16-/m0/s1. The van der Waals surface area contributed by atoms with Gasteiger partial charge in [-0.05, 0) is 49.9 Å². The molecule has 1 aromatic carbocycles. The van der Waals surface area contributed by atoms with E-state index in [9.17, 15) is 13.2 Å². The summed E-state index contributed by atoms with van der Waals surface area (Å²) in [5.41, 5.74) is 1.35. The van der Waals surface area contributed by atoms with Crippen LogP contribution < -0.4 is 10.0 Å². The van der Waals surface area contributed by atoms with Crippen LogP contribution in [0.15, 0.2) is 23.1 Å². The molecule has 1 saturated heterocycles. The number of amides is 1. The van der Waals surface area contributed by atoms with Crippen molar-refractivity contribution < 1.29 is 13.2 Å². The van der Waals surface area contributed by atoms with Crippen molar-refractivity contribution in [3.63, 3.8) is 0 Å². The van der Waals surface area contributed by atoms with Crippen molar-refractivity contribution in [1.29, 1.82) is 0 Å². The molecular formula is C18H29N3O3S. The number of carbonyl (C=O) groups excluding carboxylic acids is 1. The second-order valence-corrected chi connectivity index (χ2v) is 8.96. The fraction of sp³-hybridized carbons (Fsp3) is 0.611. The fourth-order valence-corrected chi connectivity index (χ4v) is 4.32. The maximum atomic E-state index is 12.6. The molecule has 1 amide bonds. The van der Waals surface area contributed by atoms with Crippen molar-refractivity contribution in [2.45, 2.75) is 51.5 Å². The van der Waals surface area contributed by atoms with Crippen LogP contribution in [-0.2, 0) is 14.8 Å². The summed E-state index contributed by atoms with van der Waals surface area (Å²) in [6, 6.07) is 5.04. The quantitative estimate of drug-likeness (QED) is 0.775. The van der Waals surface area contributed by atoms with Gasteiger partial charge in [0.1, 0.15) is 0 Å². The van der Waals surface area contributed by atoms with Crippen molar-refractivity contribution in [2.75, 3.05) is 25.0 Å². The molecule has 2 N–H and O–H groups in total. The number of hydrogen-bond donors (Lipinski definition) is 2. The van der Waals surface area contributed by atoms with Gasteiger partial charge in [0.05, 0.1) is 4.90 Å². The molecule has 1 aromatic rings. The monoisotopic (exact) mass is 367 g/mol. The van der Waals surface area contributed by atoms with Gasteiger partial charge < -0.3 is 5.32 Å². The van der Waals surface area contributed by atoms with E-state index in [0.29, 0.717) is 18.2 Å². The smallest absolute Gasteiger partial charge is 0.240 e. The van der Waals surface area contributed by atoms with E-state index in [2.05, 4.69) is 28.8 Å². The number of rotatable bonds is 7. The number of nitrogens with zero attached hydrogens (tertiary/aromatic N) is 1. The molecule has 0 aromatic heterocycles. The average molecular weight is 368 g/mol. The van der Waals surface area contributed by atoms with Crippen molar-refractivity contribution >= 4 is 21.6 Å². The zero-order valence-electron chi connectivity index (χ0n) is 15.5. The van der Waals surface area contributed by atoms with E-state index in [4.69, 9.17) is 0 Å². The molecular weight excluding hydrogens is 338 g/mol. The summed E-state index contributed by atoms with van der Waals surface area (Å²) in [5.74, 6) is 0.343. The molecule has 0 unspecified atom stereocenters. The normalized spacial score (nSPS) is 18.7. The van der Waals surface area contributed by atoms with E-state index in [0.717, 1.165) is 31.5 Å². The molecule has 7 heteroatoms. The number of carbonyl (C=O) groups is 1. The first-order valence-electron chi connectivity index (χ1n) is 8.81. The summed E-state index contributed by atoms with van der Waals surface area (Å²) >= 11 is 0. The van der Waals surface area contributed by atoms with Crippen LogP contribution in [0.5, 0.6) is 0 Å². The Morgan fingerprint density at radius 2 is 2.08 bits per heavy atom.